The molecule has 0 bridgehead atoms. The minimum atomic E-state index is -0.433. The molecule has 0 spiro atoms. The van der Waals surface area contributed by atoms with Crippen molar-refractivity contribution in [3.8, 4) is 11.5 Å². The Morgan fingerprint density at radius 2 is 1.89 bits per heavy atom. The van der Waals surface area contributed by atoms with Gasteiger partial charge in [0, 0.05) is 11.6 Å². The van der Waals surface area contributed by atoms with Gasteiger partial charge in [-0.15, -0.1) is 10.2 Å². The number of carbonyl (C=O) groups is 1. The summed E-state index contributed by atoms with van der Waals surface area (Å²) in [7, 11) is 2.93. The maximum atomic E-state index is 11.2. The Balaban J connectivity index is 1.70. The molecule has 3 rings (SSSR count). The van der Waals surface area contributed by atoms with E-state index in [1.807, 2.05) is 54.6 Å². The second-order valence-electron chi connectivity index (χ2n) is 5.79. The van der Waals surface area contributed by atoms with Gasteiger partial charge in [-0.05, 0) is 35.9 Å². The summed E-state index contributed by atoms with van der Waals surface area (Å²) in [5.74, 6) is 1.60. The van der Waals surface area contributed by atoms with Crippen molar-refractivity contribution in [1.29, 1.82) is 0 Å². The molecule has 0 N–H and O–H groups in total. The van der Waals surface area contributed by atoms with Crippen molar-refractivity contribution in [1.82, 2.24) is 10.2 Å². The van der Waals surface area contributed by atoms with Crippen molar-refractivity contribution >= 4 is 18.1 Å². The molecule has 28 heavy (non-hydrogen) atoms. The number of esters is 1. The van der Waals surface area contributed by atoms with Crippen LogP contribution >= 0.6 is 0 Å². The van der Waals surface area contributed by atoms with E-state index in [0.717, 1.165) is 22.6 Å². The largest absolute Gasteiger partial charge is 0.496 e. The Hall–Kier alpha value is -3.61. The zero-order valence-corrected chi connectivity index (χ0v) is 15.6. The highest BCUT2D eigenvalue weighted by Gasteiger charge is 2.10. The molecule has 0 aliphatic carbocycles. The molecule has 1 heterocycles. The molecule has 0 saturated heterocycles. The molecule has 0 atom stereocenters. The predicted octanol–water partition coefficient (Wildman–Crippen LogP) is 3.54. The minimum Gasteiger partial charge on any atom is -0.496 e. The summed E-state index contributed by atoms with van der Waals surface area (Å²) in [5.41, 5.74) is 1.82. The summed E-state index contributed by atoms with van der Waals surface area (Å²) in [5, 5.41) is 7.71. The molecule has 0 unspecified atom stereocenters. The SMILES string of the molecule is COC(=O)Cc1nnc(/C=C\c2ccc(OC)c(COc3ccccc3)c2)o1. The maximum Gasteiger partial charge on any atom is 0.315 e. The molecule has 0 amide bonds. The Bertz CT molecular complexity index is 950. The average molecular weight is 380 g/mol. The first kappa shape index (κ1) is 19.2. The fourth-order valence-corrected chi connectivity index (χ4v) is 2.46. The van der Waals surface area contributed by atoms with E-state index < -0.39 is 5.97 Å². The molecule has 1 aromatic heterocycles. The van der Waals surface area contributed by atoms with Gasteiger partial charge in [-0.2, -0.15) is 0 Å². The Labute approximate surface area is 162 Å². The third-order valence-electron chi connectivity index (χ3n) is 3.87. The number of rotatable bonds is 8. The van der Waals surface area contributed by atoms with Crippen molar-refractivity contribution in [3.63, 3.8) is 0 Å². The lowest BCUT2D eigenvalue weighted by molar-refractivity contribution is -0.140. The van der Waals surface area contributed by atoms with Crippen molar-refractivity contribution < 1.29 is 23.4 Å². The molecular formula is C21H20N2O5. The molecule has 3 aromatic rings. The van der Waals surface area contributed by atoms with E-state index in [0.29, 0.717) is 12.5 Å². The van der Waals surface area contributed by atoms with Gasteiger partial charge in [0.1, 0.15) is 24.5 Å². The topological polar surface area (TPSA) is 83.7 Å². The van der Waals surface area contributed by atoms with Crippen molar-refractivity contribution in [2.45, 2.75) is 13.0 Å². The van der Waals surface area contributed by atoms with Gasteiger partial charge < -0.3 is 18.6 Å². The van der Waals surface area contributed by atoms with E-state index in [9.17, 15) is 4.79 Å². The number of carbonyl (C=O) groups excluding carboxylic acids is 1. The number of para-hydroxylation sites is 1. The highest BCUT2D eigenvalue weighted by atomic mass is 16.5. The van der Waals surface area contributed by atoms with Crippen molar-refractivity contribution in [2.24, 2.45) is 0 Å². The first-order valence-corrected chi connectivity index (χ1v) is 8.60. The number of ether oxygens (including phenoxy) is 3. The second kappa shape index (κ2) is 9.36. The van der Waals surface area contributed by atoms with Gasteiger partial charge in [-0.1, -0.05) is 24.3 Å². The molecule has 0 aliphatic rings. The van der Waals surface area contributed by atoms with E-state index in [2.05, 4.69) is 14.9 Å². The van der Waals surface area contributed by atoms with Crippen molar-refractivity contribution in [3.05, 3.63) is 71.4 Å². The molecule has 0 radical (unpaired) electrons. The zero-order valence-electron chi connectivity index (χ0n) is 15.6. The van der Waals surface area contributed by atoms with Crippen LogP contribution in [0.3, 0.4) is 0 Å². The molecule has 7 heteroatoms. The quantitative estimate of drug-likeness (QED) is 0.553. The van der Waals surface area contributed by atoms with Crippen LogP contribution < -0.4 is 9.47 Å². The van der Waals surface area contributed by atoms with Gasteiger partial charge >= 0.3 is 5.97 Å². The fraction of sp³-hybridized carbons (Fsp3) is 0.190. The zero-order chi connectivity index (χ0) is 19.8. The van der Waals surface area contributed by atoms with E-state index in [-0.39, 0.29) is 12.3 Å². The van der Waals surface area contributed by atoms with Crippen molar-refractivity contribution in [2.75, 3.05) is 14.2 Å². The maximum absolute atomic E-state index is 11.2. The first-order valence-electron chi connectivity index (χ1n) is 8.60. The summed E-state index contributed by atoms with van der Waals surface area (Å²) in [6, 6.07) is 15.3. The summed E-state index contributed by atoms with van der Waals surface area (Å²) in [6.45, 7) is 0.374. The molecule has 7 nitrogen and oxygen atoms in total. The van der Waals surface area contributed by atoms with Crippen LogP contribution in [-0.4, -0.2) is 30.4 Å². The van der Waals surface area contributed by atoms with E-state index >= 15 is 0 Å². The van der Waals surface area contributed by atoms with Crippen LogP contribution in [0.4, 0.5) is 0 Å². The molecule has 0 fully saturated rings. The fourth-order valence-electron chi connectivity index (χ4n) is 2.46. The lowest BCUT2D eigenvalue weighted by Crippen LogP contribution is -2.04. The summed E-state index contributed by atoms with van der Waals surface area (Å²) >= 11 is 0. The minimum absolute atomic E-state index is 0.0547. The average Bonchev–Trinajstić information content (AvgIpc) is 3.18. The Morgan fingerprint density at radius 3 is 2.64 bits per heavy atom. The monoisotopic (exact) mass is 380 g/mol. The first-order chi connectivity index (χ1) is 13.7. The van der Waals surface area contributed by atoms with Gasteiger partial charge in [0.2, 0.25) is 11.8 Å². The summed E-state index contributed by atoms with van der Waals surface area (Å²) in [4.78, 5) is 11.2. The molecule has 144 valence electrons. The lowest BCUT2D eigenvalue weighted by atomic mass is 10.1. The van der Waals surface area contributed by atoms with Crippen LogP contribution in [0.15, 0.2) is 52.9 Å². The molecule has 2 aromatic carbocycles. The number of methoxy groups -OCH3 is 2. The third kappa shape index (κ3) is 5.20. The smallest absolute Gasteiger partial charge is 0.315 e. The van der Waals surface area contributed by atoms with Gasteiger partial charge in [-0.3, -0.25) is 4.79 Å². The standard InChI is InChI=1S/C21H20N2O5/c1-25-18-10-8-15(12-16(18)14-27-17-6-4-3-5-7-17)9-11-19-22-23-20(28-19)13-21(24)26-2/h3-12H,13-14H2,1-2H3/b11-9-. The summed E-state index contributed by atoms with van der Waals surface area (Å²) < 4.78 is 21.2. The van der Waals surface area contributed by atoms with E-state index in [1.165, 1.54) is 7.11 Å². The lowest BCUT2D eigenvalue weighted by Gasteiger charge is -2.11. The summed E-state index contributed by atoms with van der Waals surface area (Å²) in [6.07, 6.45) is 3.46. The molecular weight excluding hydrogens is 360 g/mol. The molecule has 0 aliphatic heterocycles. The number of benzene rings is 2. The van der Waals surface area contributed by atoms with E-state index in [1.54, 1.807) is 13.2 Å². The van der Waals surface area contributed by atoms with Crippen LogP contribution in [0.1, 0.15) is 22.9 Å². The second-order valence-corrected chi connectivity index (χ2v) is 5.79. The van der Waals surface area contributed by atoms with Crippen LogP contribution in [0.25, 0.3) is 12.2 Å². The van der Waals surface area contributed by atoms with Crippen LogP contribution in [0, 0.1) is 0 Å². The Kier molecular flexibility index (Phi) is 6.41. The normalized spacial score (nSPS) is 10.8. The Morgan fingerprint density at radius 1 is 1.07 bits per heavy atom. The van der Waals surface area contributed by atoms with Crippen LogP contribution in [-0.2, 0) is 22.6 Å². The van der Waals surface area contributed by atoms with Gasteiger partial charge in [0.05, 0.1) is 14.2 Å². The van der Waals surface area contributed by atoms with Gasteiger partial charge in [-0.25, -0.2) is 0 Å². The van der Waals surface area contributed by atoms with Crippen LogP contribution in [0.5, 0.6) is 11.5 Å². The highest BCUT2D eigenvalue weighted by molar-refractivity contribution is 5.71. The molecule has 0 saturated carbocycles. The van der Waals surface area contributed by atoms with E-state index in [4.69, 9.17) is 13.9 Å². The number of hydrogen-bond donors (Lipinski definition) is 0. The highest BCUT2D eigenvalue weighted by Crippen LogP contribution is 2.23. The number of hydrogen-bond acceptors (Lipinski definition) is 7. The van der Waals surface area contributed by atoms with Crippen LogP contribution in [0.2, 0.25) is 0 Å². The third-order valence-corrected chi connectivity index (χ3v) is 3.87. The number of aromatic nitrogens is 2. The number of nitrogens with zero attached hydrogens (tertiary/aromatic N) is 2. The van der Waals surface area contributed by atoms with Gasteiger partial charge in [0.25, 0.3) is 0 Å². The predicted molar refractivity (Wildman–Crippen MR) is 103 cm³/mol. The van der Waals surface area contributed by atoms with Gasteiger partial charge in [0.15, 0.2) is 0 Å².